The third kappa shape index (κ3) is 5.52. The molecule has 240 valence electrons. The highest BCUT2D eigenvalue weighted by Gasteiger charge is 2.37. The first-order valence-electron chi connectivity index (χ1n) is 17.1. The van der Waals surface area contributed by atoms with Crippen molar-refractivity contribution in [2.24, 2.45) is 4.99 Å². The molecule has 0 spiro atoms. The van der Waals surface area contributed by atoms with Crippen LogP contribution in [-0.2, 0) is 0 Å². The fourth-order valence-electron chi connectivity index (χ4n) is 7.18. The predicted molar refractivity (Wildman–Crippen MR) is 204 cm³/mol. The largest absolute Gasteiger partial charge is 0.326 e. The average molecular weight is 649 g/mol. The summed E-state index contributed by atoms with van der Waals surface area (Å²) in [6.07, 6.45) is 6.14. The van der Waals surface area contributed by atoms with Crippen molar-refractivity contribution in [2.75, 3.05) is 10.2 Å². The van der Waals surface area contributed by atoms with Crippen LogP contribution in [-0.4, -0.2) is 11.2 Å². The number of pyridine rings is 1. The Labute approximate surface area is 291 Å². The van der Waals surface area contributed by atoms with Crippen molar-refractivity contribution < 1.29 is 10.2 Å². The van der Waals surface area contributed by atoms with Gasteiger partial charge in [0.1, 0.15) is 29.0 Å². The third-order valence-electron chi connectivity index (χ3n) is 9.66. The van der Waals surface area contributed by atoms with Gasteiger partial charge in [0.25, 0.3) is 0 Å². The van der Waals surface area contributed by atoms with E-state index >= 15 is 0 Å². The van der Waals surface area contributed by atoms with Crippen LogP contribution in [0.3, 0.4) is 0 Å². The van der Waals surface area contributed by atoms with Gasteiger partial charge >= 0.3 is 0 Å². The van der Waals surface area contributed by atoms with Crippen molar-refractivity contribution in [1.82, 2.24) is 4.98 Å². The van der Waals surface area contributed by atoms with E-state index in [1.165, 1.54) is 27.0 Å². The Bertz CT molecular complexity index is 2330. The van der Waals surface area contributed by atoms with Crippen LogP contribution in [0.15, 0.2) is 181 Å². The zero-order valence-corrected chi connectivity index (χ0v) is 27.4. The number of nitrogens with one attached hydrogen (secondary N) is 2. The molecule has 4 N–H and O–H groups in total. The number of nitrogens with zero attached hydrogens (tertiary/aromatic N) is 3. The van der Waals surface area contributed by atoms with Gasteiger partial charge in [0.2, 0.25) is 6.17 Å². The molecule has 0 aliphatic carbocycles. The molecule has 3 atom stereocenters. The molecular weight excluding hydrogens is 613 g/mol. The van der Waals surface area contributed by atoms with Crippen molar-refractivity contribution in [3.63, 3.8) is 0 Å². The number of hydrogen-bond donors (Lipinski definition) is 3. The SMILES string of the molecule is C1=NC(c2ccc(N(c3ccccc3)c3cccc4ccccc34)cc2)=C[NH2+]C1c1ccc(C2Nc3ccccc3[NH+]2c2ccccc2)nc1. The lowest BCUT2D eigenvalue weighted by Crippen LogP contribution is -3.01. The summed E-state index contributed by atoms with van der Waals surface area (Å²) < 4.78 is 0. The molecule has 2 aliphatic heterocycles. The van der Waals surface area contributed by atoms with Crippen molar-refractivity contribution in [3.05, 3.63) is 193 Å². The molecule has 6 heteroatoms. The van der Waals surface area contributed by atoms with Crippen molar-refractivity contribution >= 4 is 56.8 Å². The summed E-state index contributed by atoms with van der Waals surface area (Å²) in [5.74, 6) is 0. The lowest BCUT2D eigenvalue weighted by atomic mass is 10.0. The number of hydrogen-bond acceptors (Lipinski definition) is 4. The fraction of sp³-hybridized carbons (Fsp3) is 0.0455. The average Bonchev–Trinajstić information content (AvgIpc) is 3.59. The van der Waals surface area contributed by atoms with Gasteiger partial charge in [0.15, 0.2) is 11.7 Å². The second-order valence-corrected chi connectivity index (χ2v) is 12.7. The van der Waals surface area contributed by atoms with Gasteiger partial charge in [0.05, 0.1) is 11.9 Å². The van der Waals surface area contributed by atoms with Crippen LogP contribution in [0, 0.1) is 0 Å². The number of para-hydroxylation sites is 4. The van der Waals surface area contributed by atoms with Crippen LogP contribution >= 0.6 is 0 Å². The van der Waals surface area contributed by atoms with Crippen molar-refractivity contribution in [2.45, 2.75) is 12.2 Å². The summed E-state index contributed by atoms with van der Waals surface area (Å²) in [7, 11) is 0. The topological polar surface area (TPSA) is 61.6 Å². The summed E-state index contributed by atoms with van der Waals surface area (Å²) in [4.78, 5) is 13.5. The fourth-order valence-corrected chi connectivity index (χ4v) is 7.18. The van der Waals surface area contributed by atoms with Crippen LogP contribution in [0.25, 0.3) is 16.5 Å². The Balaban J connectivity index is 0.936. The quantitative estimate of drug-likeness (QED) is 0.163. The van der Waals surface area contributed by atoms with E-state index in [4.69, 9.17) is 9.98 Å². The number of aromatic nitrogens is 1. The van der Waals surface area contributed by atoms with E-state index in [1.807, 2.05) is 12.4 Å². The van der Waals surface area contributed by atoms with Crippen LogP contribution in [0.1, 0.15) is 29.0 Å². The number of fused-ring (bicyclic) bond motifs is 2. The van der Waals surface area contributed by atoms with Gasteiger partial charge in [-0.25, -0.2) is 9.89 Å². The number of aliphatic imine (C=N–C) groups is 1. The van der Waals surface area contributed by atoms with E-state index in [0.717, 1.165) is 45.3 Å². The summed E-state index contributed by atoms with van der Waals surface area (Å²) in [6, 6.07) is 57.8. The Morgan fingerprint density at radius 2 is 1.36 bits per heavy atom. The smallest absolute Gasteiger partial charge is 0.214 e. The maximum absolute atomic E-state index is 4.98. The van der Waals surface area contributed by atoms with Gasteiger partial charge in [-0.2, -0.15) is 0 Å². The summed E-state index contributed by atoms with van der Waals surface area (Å²) in [6.45, 7) is 0. The molecule has 7 aromatic rings. The molecule has 0 radical (unpaired) electrons. The highest BCUT2D eigenvalue weighted by atomic mass is 15.3. The van der Waals surface area contributed by atoms with E-state index in [9.17, 15) is 0 Å². The van der Waals surface area contributed by atoms with Gasteiger partial charge in [-0.15, -0.1) is 0 Å². The van der Waals surface area contributed by atoms with E-state index in [-0.39, 0.29) is 12.2 Å². The Morgan fingerprint density at radius 3 is 2.14 bits per heavy atom. The van der Waals surface area contributed by atoms with E-state index in [2.05, 4.69) is 186 Å². The second-order valence-electron chi connectivity index (χ2n) is 12.7. The Morgan fingerprint density at radius 1 is 0.640 bits per heavy atom. The van der Waals surface area contributed by atoms with Gasteiger partial charge in [0, 0.05) is 40.2 Å². The highest BCUT2D eigenvalue weighted by molar-refractivity contribution is 5.99. The minimum absolute atomic E-state index is 0.0132. The lowest BCUT2D eigenvalue weighted by molar-refractivity contribution is -0.787. The first-order chi connectivity index (χ1) is 24.8. The zero-order valence-electron chi connectivity index (χ0n) is 27.4. The van der Waals surface area contributed by atoms with E-state index in [1.54, 1.807) is 0 Å². The molecule has 0 amide bonds. The molecule has 6 aromatic carbocycles. The molecule has 6 nitrogen and oxygen atoms in total. The standard InChI is InChI=1S/C44H34N6/c1-3-14-34(15-4-1)49(42-21-11-13-31-12-7-8-18-37(31)42)36-25-22-32(23-26-36)40-29-47-41(30-46-40)33-24-27-39(45-28-33)44-48-38-19-9-10-20-43(38)50(44)35-16-5-2-6-17-35/h1-30,41,44,47-48H/p+2. The minimum Gasteiger partial charge on any atom is -0.326 e. The van der Waals surface area contributed by atoms with Crippen LogP contribution in [0.5, 0.6) is 0 Å². The van der Waals surface area contributed by atoms with Crippen molar-refractivity contribution in [1.29, 1.82) is 0 Å². The molecule has 3 unspecified atom stereocenters. The van der Waals surface area contributed by atoms with Crippen LogP contribution < -0.4 is 20.4 Å². The van der Waals surface area contributed by atoms with Gasteiger partial charge in [-0.05, 0) is 66.0 Å². The monoisotopic (exact) mass is 648 g/mol. The number of nitrogens with two attached hydrogens (primary N) is 1. The molecule has 50 heavy (non-hydrogen) atoms. The molecule has 0 fully saturated rings. The molecule has 0 bridgehead atoms. The zero-order chi connectivity index (χ0) is 33.3. The maximum atomic E-state index is 4.98. The molecule has 3 heterocycles. The molecule has 2 aliphatic rings. The van der Waals surface area contributed by atoms with E-state index < -0.39 is 0 Å². The molecule has 0 saturated heterocycles. The second kappa shape index (κ2) is 12.9. The first-order valence-corrected chi connectivity index (χ1v) is 17.1. The summed E-state index contributed by atoms with van der Waals surface area (Å²) in [5.41, 5.74) is 11.1. The summed E-state index contributed by atoms with van der Waals surface area (Å²) in [5, 5.41) is 8.36. The maximum Gasteiger partial charge on any atom is 0.214 e. The Kier molecular flexibility index (Phi) is 7.70. The third-order valence-corrected chi connectivity index (χ3v) is 9.66. The van der Waals surface area contributed by atoms with Crippen LogP contribution in [0.4, 0.5) is 34.1 Å². The number of rotatable bonds is 7. The van der Waals surface area contributed by atoms with Gasteiger partial charge in [-0.1, -0.05) is 97.1 Å². The molecule has 9 rings (SSSR count). The predicted octanol–water partition coefficient (Wildman–Crippen LogP) is 8.36. The number of benzene rings is 6. The number of anilines is 4. The number of quaternary nitrogens is 2. The molecular formula is C44H36N6+2. The van der Waals surface area contributed by atoms with Gasteiger partial charge in [-0.3, -0.25) is 4.98 Å². The molecule has 0 saturated carbocycles. The van der Waals surface area contributed by atoms with Crippen LogP contribution in [0.2, 0.25) is 0 Å². The first kappa shape index (κ1) is 29.8. The highest BCUT2D eigenvalue weighted by Crippen LogP contribution is 2.39. The lowest BCUT2D eigenvalue weighted by Gasteiger charge is -2.27. The molecule has 1 aromatic heterocycles. The minimum atomic E-state index is -0.0132. The normalized spacial score (nSPS) is 17.9. The Hall–Kier alpha value is -6.34. The van der Waals surface area contributed by atoms with E-state index in [0.29, 0.717) is 0 Å². The summed E-state index contributed by atoms with van der Waals surface area (Å²) >= 11 is 0. The van der Waals surface area contributed by atoms with Gasteiger partial charge < -0.3 is 15.5 Å². The van der Waals surface area contributed by atoms with Crippen molar-refractivity contribution in [3.8, 4) is 0 Å².